The molecule has 2 amide bonds. The number of halogens is 2. The molecule has 7 nitrogen and oxygen atoms in total. The molecule has 2 aliphatic heterocycles. The zero-order chi connectivity index (χ0) is 29.0. The van der Waals surface area contributed by atoms with E-state index in [4.69, 9.17) is 27.5 Å². The van der Waals surface area contributed by atoms with Crippen LogP contribution >= 0.6 is 11.6 Å². The SMILES string of the molecule is CC(=N)/C=C\C(N)=O.CCCCC(CC)C(=O)N1CC(C)C2(c3ccc(F)cc3)OC2C1.Clc1cccnc1. The summed E-state index contributed by atoms with van der Waals surface area (Å²) in [6.07, 6.45) is 9.94. The molecule has 4 rings (SSSR count). The molecular weight excluding hydrogens is 519 g/mol. The summed E-state index contributed by atoms with van der Waals surface area (Å²) in [5, 5.41) is 7.48. The summed E-state index contributed by atoms with van der Waals surface area (Å²) in [6, 6.07) is 10.2. The normalized spacial score (nSPS) is 21.9. The molecule has 39 heavy (non-hydrogen) atoms. The lowest BCUT2D eigenvalue weighted by Crippen LogP contribution is -2.48. The summed E-state index contributed by atoms with van der Waals surface area (Å²) >= 11 is 5.48. The molecule has 0 saturated carbocycles. The summed E-state index contributed by atoms with van der Waals surface area (Å²) in [6.45, 7) is 9.34. The molecule has 4 atom stereocenters. The lowest BCUT2D eigenvalue weighted by Gasteiger charge is -2.35. The fraction of sp³-hybridized carbons (Fsp3) is 0.467. The van der Waals surface area contributed by atoms with E-state index in [-0.39, 0.29) is 35.3 Å². The van der Waals surface area contributed by atoms with Crippen LogP contribution in [0.4, 0.5) is 4.39 Å². The number of epoxide rings is 1. The van der Waals surface area contributed by atoms with Crippen molar-refractivity contribution >= 4 is 29.1 Å². The Morgan fingerprint density at radius 1 is 1.26 bits per heavy atom. The highest BCUT2D eigenvalue weighted by Gasteiger charge is 2.64. The van der Waals surface area contributed by atoms with Crippen molar-refractivity contribution in [2.45, 2.75) is 65.1 Å². The number of primary amides is 1. The molecule has 2 aliphatic rings. The van der Waals surface area contributed by atoms with E-state index in [1.54, 1.807) is 31.5 Å². The van der Waals surface area contributed by atoms with Gasteiger partial charge in [0.2, 0.25) is 11.8 Å². The second kappa shape index (κ2) is 15.5. The molecule has 1 aromatic heterocycles. The van der Waals surface area contributed by atoms with E-state index in [1.165, 1.54) is 18.2 Å². The van der Waals surface area contributed by atoms with Gasteiger partial charge < -0.3 is 20.8 Å². The minimum Gasteiger partial charge on any atom is -0.366 e. The van der Waals surface area contributed by atoms with Gasteiger partial charge in [0.05, 0.1) is 11.6 Å². The molecule has 212 valence electrons. The van der Waals surface area contributed by atoms with E-state index in [0.29, 0.717) is 17.3 Å². The van der Waals surface area contributed by atoms with Gasteiger partial charge in [0.15, 0.2) is 0 Å². The third-order valence-corrected chi connectivity index (χ3v) is 7.07. The molecule has 4 unspecified atom stereocenters. The van der Waals surface area contributed by atoms with Gasteiger partial charge in [0.1, 0.15) is 17.5 Å². The third-order valence-electron chi connectivity index (χ3n) is 6.85. The van der Waals surface area contributed by atoms with Gasteiger partial charge in [-0.3, -0.25) is 14.6 Å². The Labute approximate surface area is 236 Å². The molecule has 2 fully saturated rings. The lowest BCUT2D eigenvalue weighted by molar-refractivity contribution is -0.137. The minimum atomic E-state index is -0.517. The van der Waals surface area contributed by atoms with Gasteiger partial charge in [-0.05, 0) is 55.7 Å². The van der Waals surface area contributed by atoms with Crippen LogP contribution in [0, 0.1) is 23.1 Å². The molecule has 0 aliphatic carbocycles. The zero-order valence-corrected chi connectivity index (χ0v) is 24.0. The number of rotatable bonds is 8. The molecule has 3 N–H and O–H groups in total. The van der Waals surface area contributed by atoms with Crippen LogP contribution in [0.3, 0.4) is 0 Å². The summed E-state index contributed by atoms with van der Waals surface area (Å²) in [4.78, 5) is 28.5. The predicted molar refractivity (Wildman–Crippen MR) is 153 cm³/mol. The first-order chi connectivity index (χ1) is 18.5. The number of hydrogen-bond acceptors (Lipinski definition) is 5. The summed E-state index contributed by atoms with van der Waals surface area (Å²) in [5.74, 6) is -0.115. The molecule has 2 saturated heterocycles. The maximum atomic E-state index is 13.2. The Hall–Kier alpha value is -3.10. The number of piperidine rings is 1. The van der Waals surface area contributed by atoms with Crippen molar-refractivity contribution in [2.75, 3.05) is 13.1 Å². The van der Waals surface area contributed by atoms with Crippen LogP contribution in [-0.2, 0) is 19.9 Å². The first-order valence-electron chi connectivity index (χ1n) is 13.4. The van der Waals surface area contributed by atoms with Crippen LogP contribution in [0.5, 0.6) is 0 Å². The zero-order valence-electron chi connectivity index (χ0n) is 23.2. The molecule has 9 heteroatoms. The Morgan fingerprint density at radius 3 is 2.38 bits per heavy atom. The predicted octanol–water partition coefficient (Wildman–Crippen LogP) is 5.92. The molecule has 0 spiro atoms. The van der Waals surface area contributed by atoms with Crippen LogP contribution in [0.2, 0.25) is 5.02 Å². The first kappa shape index (κ1) is 32.1. The van der Waals surface area contributed by atoms with E-state index in [9.17, 15) is 14.0 Å². The number of ether oxygens (including phenoxy) is 1. The monoisotopic (exact) mass is 558 g/mol. The van der Waals surface area contributed by atoms with Gasteiger partial charge in [-0.25, -0.2) is 4.39 Å². The second-order valence-corrected chi connectivity index (χ2v) is 10.3. The molecule has 0 bridgehead atoms. The Balaban J connectivity index is 0.000000290. The maximum absolute atomic E-state index is 13.2. The maximum Gasteiger partial charge on any atom is 0.241 e. The number of carbonyl (C=O) groups is 2. The Bertz CT molecular complexity index is 1100. The summed E-state index contributed by atoms with van der Waals surface area (Å²) < 4.78 is 19.3. The fourth-order valence-electron chi connectivity index (χ4n) is 4.74. The van der Waals surface area contributed by atoms with E-state index >= 15 is 0 Å². The fourth-order valence-corrected chi connectivity index (χ4v) is 4.87. The van der Waals surface area contributed by atoms with Gasteiger partial charge in [-0.2, -0.15) is 0 Å². The van der Waals surface area contributed by atoms with Crippen LogP contribution in [0.15, 0.2) is 60.9 Å². The van der Waals surface area contributed by atoms with E-state index in [0.717, 1.165) is 43.9 Å². The first-order valence-corrected chi connectivity index (χ1v) is 13.7. The van der Waals surface area contributed by atoms with Gasteiger partial charge in [0, 0.05) is 42.6 Å². The van der Waals surface area contributed by atoms with Crippen LogP contribution in [-0.4, -0.2) is 46.6 Å². The quantitative estimate of drug-likeness (QED) is 0.238. The van der Waals surface area contributed by atoms with E-state index < -0.39 is 5.91 Å². The highest BCUT2D eigenvalue weighted by atomic mass is 35.5. The Morgan fingerprint density at radius 2 is 1.95 bits per heavy atom. The number of hydrogen-bond donors (Lipinski definition) is 2. The number of pyridine rings is 1. The van der Waals surface area contributed by atoms with Crippen molar-refractivity contribution in [2.24, 2.45) is 17.6 Å². The number of allylic oxidation sites excluding steroid dienone is 1. The molecule has 2 aromatic rings. The largest absolute Gasteiger partial charge is 0.366 e. The van der Waals surface area contributed by atoms with Crippen LogP contribution < -0.4 is 5.73 Å². The standard InChI is InChI=1S/C20H28FNO2.C5H4ClN.C5H8N2O/c1-4-6-7-15(5-2)19(23)22-12-14(3)20(18(13-22)24-20)16-8-10-17(21)11-9-16;6-5-2-1-3-7-4-5;1-4(6)2-3-5(7)8/h8-11,14-15,18H,4-7,12-13H2,1-3H3;1-4H;2-3,6H,1H3,(H2,7,8)/b;;3-2-,6-4?. The number of nitrogens with one attached hydrogen (secondary N) is 1. The molecular formula is C30H40ClFN4O3. The number of aromatic nitrogens is 1. The Kier molecular flexibility index (Phi) is 12.7. The summed E-state index contributed by atoms with van der Waals surface area (Å²) in [7, 11) is 0. The van der Waals surface area contributed by atoms with Crippen LogP contribution in [0.25, 0.3) is 0 Å². The average Bonchev–Trinajstić information content (AvgIpc) is 3.66. The van der Waals surface area contributed by atoms with Crippen molar-refractivity contribution in [1.82, 2.24) is 9.88 Å². The number of benzene rings is 1. The second-order valence-electron chi connectivity index (χ2n) is 9.89. The lowest BCUT2D eigenvalue weighted by atomic mass is 9.80. The van der Waals surface area contributed by atoms with Crippen molar-refractivity contribution < 1.29 is 18.7 Å². The minimum absolute atomic E-state index is 0.0411. The molecule has 0 radical (unpaired) electrons. The van der Waals surface area contributed by atoms with Gasteiger partial charge in [-0.15, -0.1) is 0 Å². The highest BCUT2D eigenvalue weighted by molar-refractivity contribution is 6.30. The van der Waals surface area contributed by atoms with E-state index in [1.807, 2.05) is 17.0 Å². The van der Waals surface area contributed by atoms with Crippen molar-refractivity contribution in [3.05, 3.63) is 77.3 Å². The van der Waals surface area contributed by atoms with Gasteiger partial charge in [-0.1, -0.05) is 57.3 Å². The number of fused-ring (bicyclic) bond motifs is 1. The van der Waals surface area contributed by atoms with E-state index in [2.05, 4.69) is 25.8 Å². The van der Waals surface area contributed by atoms with Gasteiger partial charge in [0.25, 0.3) is 0 Å². The third kappa shape index (κ3) is 9.55. The topological polar surface area (TPSA) is 113 Å². The number of unbranched alkanes of at least 4 members (excludes halogenated alkanes) is 1. The number of nitrogens with two attached hydrogens (primary N) is 1. The van der Waals surface area contributed by atoms with Crippen LogP contribution in [0.1, 0.15) is 58.9 Å². The number of nitrogens with zero attached hydrogens (tertiary/aromatic N) is 2. The van der Waals surface area contributed by atoms with Gasteiger partial charge >= 0.3 is 0 Å². The van der Waals surface area contributed by atoms with Crippen molar-refractivity contribution in [3.63, 3.8) is 0 Å². The summed E-state index contributed by atoms with van der Waals surface area (Å²) in [5.41, 5.74) is 5.75. The van der Waals surface area contributed by atoms with Crippen molar-refractivity contribution in [1.29, 1.82) is 5.41 Å². The number of carbonyl (C=O) groups excluding carboxylic acids is 2. The molecule has 1 aromatic carbocycles. The molecule has 3 heterocycles. The number of likely N-dealkylation sites (tertiary alicyclic amines) is 1. The highest BCUT2D eigenvalue weighted by Crippen LogP contribution is 2.55. The average molecular weight is 559 g/mol. The number of amides is 2. The smallest absolute Gasteiger partial charge is 0.241 e. The van der Waals surface area contributed by atoms with Crippen molar-refractivity contribution in [3.8, 4) is 0 Å².